The number of hydrogen-bond donors (Lipinski definition) is 1. The summed E-state index contributed by atoms with van der Waals surface area (Å²) in [7, 11) is 4.56. The van der Waals surface area contributed by atoms with Crippen molar-refractivity contribution in [2.24, 2.45) is 0 Å². The SMILES string of the molecule is [CH2]CC(=O)Nc1cc(OC)c(OC)c(OC)c1. The molecule has 1 N–H and O–H groups in total. The predicted molar refractivity (Wildman–Crippen MR) is 64.7 cm³/mol. The first-order valence-corrected chi connectivity index (χ1v) is 5.05. The average molecular weight is 238 g/mol. The van der Waals surface area contributed by atoms with Crippen LogP contribution < -0.4 is 19.5 Å². The number of benzene rings is 1. The normalized spacial score (nSPS) is 9.65. The third-order valence-corrected chi connectivity index (χ3v) is 2.18. The first-order valence-electron chi connectivity index (χ1n) is 5.05. The fourth-order valence-corrected chi connectivity index (χ4v) is 1.38. The van der Waals surface area contributed by atoms with Crippen molar-refractivity contribution in [2.75, 3.05) is 26.6 Å². The Morgan fingerprint density at radius 3 is 2.06 bits per heavy atom. The summed E-state index contributed by atoms with van der Waals surface area (Å²) in [6, 6.07) is 3.32. The average Bonchev–Trinajstić information content (AvgIpc) is 2.37. The third kappa shape index (κ3) is 3.03. The molecule has 1 aromatic rings. The van der Waals surface area contributed by atoms with Gasteiger partial charge in [-0.15, -0.1) is 0 Å². The Morgan fingerprint density at radius 1 is 1.18 bits per heavy atom. The molecule has 0 aliphatic heterocycles. The molecule has 0 saturated heterocycles. The highest BCUT2D eigenvalue weighted by atomic mass is 16.5. The van der Waals surface area contributed by atoms with Crippen LogP contribution in [-0.2, 0) is 4.79 Å². The van der Waals surface area contributed by atoms with E-state index in [0.29, 0.717) is 22.9 Å². The quantitative estimate of drug-likeness (QED) is 0.850. The second-order valence-corrected chi connectivity index (χ2v) is 3.21. The van der Waals surface area contributed by atoms with E-state index in [-0.39, 0.29) is 12.3 Å². The number of carbonyl (C=O) groups is 1. The van der Waals surface area contributed by atoms with Crippen LogP contribution >= 0.6 is 0 Å². The van der Waals surface area contributed by atoms with Gasteiger partial charge in [-0.3, -0.25) is 4.79 Å². The van der Waals surface area contributed by atoms with Crippen molar-refractivity contribution in [3.63, 3.8) is 0 Å². The zero-order chi connectivity index (χ0) is 12.8. The Balaban J connectivity index is 3.13. The minimum Gasteiger partial charge on any atom is -0.493 e. The van der Waals surface area contributed by atoms with Crippen molar-refractivity contribution in [2.45, 2.75) is 6.42 Å². The molecule has 5 nitrogen and oxygen atoms in total. The summed E-state index contributed by atoms with van der Waals surface area (Å²) in [5.74, 6) is 1.29. The van der Waals surface area contributed by atoms with Gasteiger partial charge in [0.25, 0.3) is 0 Å². The summed E-state index contributed by atoms with van der Waals surface area (Å²) in [4.78, 5) is 11.2. The molecule has 0 aromatic heterocycles. The molecule has 0 aliphatic carbocycles. The standard InChI is InChI=1S/C12H16NO4/c1-5-11(14)13-8-6-9(15-2)12(17-4)10(7-8)16-3/h6-7H,1,5H2,2-4H3,(H,13,14). The summed E-state index contributed by atoms with van der Waals surface area (Å²) >= 11 is 0. The van der Waals surface area contributed by atoms with Gasteiger partial charge >= 0.3 is 0 Å². The number of ether oxygens (including phenoxy) is 3. The number of carbonyl (C=O) groups excluding carboxylic acids is 1. The van der Waals surface area contributed by atoms with Gasteiger partial charge in [0.15, 0.2) is 11.5 Å². The molecule has 0 bridgehead atoms. The molecule has 17 heavy (non-hydrogen) atoms. The lowest BCUT2D eigenvalue weighted by molar-refractivity contribution is -0.115. The van der Waals surface area contributed by atoms with Crippen LogP contribution in [0, 0.1) is 6.92 Å². The fourth-order valence-electron chi connectivity index (χ4n) is 1.38. The lowest BCUT2D eigenvalue weighted by Gasteiger charge is -2.14. The molecule has 0 saturated carbocycles. The molecular formula is C12H16NO4. The summed E-state index contributed by atoms with van der Waals surface area (Å²) in [5, 5.41) is 2.68. The first-order chi connectivity index (χ1) is 8.15. The molecule has 1 aromatic carbocycles. The molecule has 0 spiro atoms. The van der Waals surface area contributed by atoms with E-state index in [4.69, 9.17) is 14.2 Å². The van der Waals surface area contributed by atoms with Crippen molar-refractivity contribution in [3.8, 4) is 17.2 Å². The third-order valence-electron chi connectivity index (χ3n) is 2.18. The largest absolute Gasteiger partial charge is 0.493 e. The van der Waals surface area contributed by atoms with Crippen molar-refractivity contribution in [1.29, 1.82) is 0 Å². The lowest BCUT2D eigenvalue weighted by atomic mass is 10.2. The topological polar surface area (TPSA) is 56.8 Å². The van der Waals surface area contributed by atoms with Gasteiger partial charge in [-0.25, -0.2) is 0 Å². The lowest BCUT2D eigenvalue weighted by Crippen LogP contribution is -2.10. The number of methoxy groups -OCH3 is 3. The highest BCUT2D eigenvalue weighted by molar-refractivity contribution is 5.91. The van der Waals surface area contributed by atoms with E-state index in [1.165, 1.54) is 21.3 Å². The molecule has 5 heteroatoms. The highest BCUT2D eigenvalue weighted by Gasteiger charge is 2.13. The number of hydrogen-bond acceptors (Lipinski definition) is 4. The molecular weight excluding hydrogens is 222 g/mol. The maximum Gasteiger partial charge on any atom is 0.224 e. The van der Waals surface area contributed by atoms with Crippen LogP contribution in [0.5, 0.6) is 17.2 Å². The molecule has 0 aliphatic rings. The summed E-state index contributed by atoms with van der Waals surface area (Å²) in [6.07, 6.45) is 0.163. The van der Waals surface area contributed by atoms with Crippen molar-refractivity contribution < 1.29 is 19.0 Å². The van der Waals surface area contributed by atoms with E-state index in [1.54, 1.807) is 12.1 Å². The van der Waals surface area contributed by atoms with E-state index in [9.17, 15) is 4.79 Å². The molecule has 93 valence electrons. The number of amides is 1. The van der Waals surface area contributed by atoms with E-state index in [2.05, 4.69) is 12.2 Å². The van der Waals surface area contributed by atoms with Gasteiger partial charge in [0.2, 0.25) is 11.7 Å². The summed E-state index contributed by atoms with van der Waals surface area (Å²) in [6.45, 7) is 3.50. The van der Waals surface area contributed by atoms with Crippen LogP contribution in [0.3, 0.4) is 0 Å². The Kier molecular flexibility index (Phi) is 4.63. The van der Waals surface area contributed by atoms with Crippen LogP contribution in [0.2, 0.25) is 0 Å². The first kappa shape index (κ1) is 13.2. The van der Waals surface area contributed by atoms with Crippen LogP contribution in [-0.4, -0.2) is 27.2 Å². The number of nitrogens with one attached hydrogen (secondary N) is 1. The molecule has 1 amide bonds. The Labute approximate surface area is 101 Å². The van der Waals surface area contributed by atoms with Crippen molar-refractivity contribution >= 4 is 11.6 Å². The number of anilines is 1. The minimum absolute atomic E-state index is 0.163. The van der Waals surface area contributed by atoms with Gasteiger partial charge in [-0.1, -0.05) is 0 Å². The van der Waals surface area contributed by atoms with Gasteiger partial charge < -0.3 is 19.5 Å². The zero-order valence-corrected chi connectivity index (χ0v) is 10.2. The summed E-state index contributed by atoms with van der Waals surface area (Å²) < 4.78 is 15.5. The van der Waals surface area contributed by atoms with Gasteiger partial charge in [-0.05, 0) is 6.92 Å². The molecule has 0 atom stereocenters. The second-order valence-electron chi connectivity index (χ2n) is 3.21. The maximum atomic E-state index is 11.2. The van der Waals surface area contributed by atoms with Crippen LogP contribution in [0.25, 0.3) is 0 Å². The Hall–Kier alpha value is -1.91. The van der Waals surface area contributed by atoms with Gasteiger partial charge in [0.1, 0.15) is 0 Å². The van der Waals surface area contributed by atoms with E-state index < -0.39 is 0 Å². The monoisotopic (exact) mass is 238 g/mol. The molecule has 1 rings (SSSR count). The van der Waals surface area contributed by atoms with Crippen molar-refractivity contribution in [1.82, 2.24) is 0 Å². The molecule has 0 unspecified atom stereocenters. The number of rotatable bonds is 5. The Morgan fingerprint density at radius 2 is 1.71 bits per heavy atom. The summed E-state index contributed by atoms with van der Waals surface area (Å²) in [5.41, 5.74) is 0.577. The highest BCUT2D eigenvalue weighted by Crippen LogP contribution is 2.39. The van der Waals surface area contributed by atoms with Crippen LogP contribution in [0.15, 0.2) is 12.1 Å². The van der Waals surface area contributed by atoms with Gasteiger partial charge in [-0.2, -0.15) is 0 Å². The fraction of sp³-hybridized carbons (Fsp3) is 0.333. The minimum atomic E-state index is -0.181. The van der Waals surface area contributed by atoms with Gasteiger partial charge in [0, 0.05) is 24.2 Å². The van der Waals surface area contributed by atoms with Crippen molar-refractivity contribution in [3.05, 3.63) is 19.1 Å². The van der Waals surface area contributed by atoms with Crippen LogP contribution in [0.1, 0.15) is 6.42 Å². The zero-order valence-electron chi connectivity index (χ0n) is 10.2. The molecule has 1 radical (unpaired) electrons. The Bertz CT molecular complexity index is 378. The van der Waals surface area contributed by atoms with Crippen LogP contribution in [0.4, 0.5) is 5.69 Å². The second kappa shape index (κ2) is 5.98. The van der Waals surface area contributed by atoms with E-state index in [1.807, 2.05) is 0 Å². The molecule has 0 fully saturated rings. The predicted octanol–water partition coefficient (Wildman–Crippen LogP) is 1.88. The van der Waals surface area contributed by atoms with E-state index >= 15 is 0 Å². The molecule has 0 heterocycles. The smallest absolute Gasteiger partial charge is 0.224 e. The maximum absolute atomic E-state index is 11.2. The van der Waals surface area contributed by atoms with Gasteiger partial charge in [0.05, 0.1) is 21.3 Å². The van der Waals surface area contributed by atoms with E-state index in [0.717, 1.165) is 0 Å².